The van der Waals surface area contributed by atoms with Gasteiger partial charge in [-0.15, -0.1) is 0 Å². The van der Waals surface area contributed by atoms with Crippen LogP contribution >= 0.6 is 15.9 Å². The summed E-state index contributed by atoms with van der Waals surface area (Å²) in [6.07, 6.45) is 1.75. The quantitative estimate of drug-likeness (QED) is 0.683. The van der Waals surface area contributed by atoms with Crippen LogP contribution in [0.1, 0.15) is 0 Å². The molecule has 4 heteroatoms. The van der Waals surface area contributed by atoms with E-state index < -0.39 is 0 Å². The summed E-state index contributed by atoms with van der Waals surface area (Å²) in [4.78, 5) is 4.39. The van der Waals surface area contributed by atoms with E-state index in [9.17, 15) is 4.39 Å². The molecule has 0 aliphatic carbocycles. The summed E-state index contributed by atoms with van der Waals surface area (Å²) in [7, 11) is 0. The molecule has 3 aromatic rings. The van der Waals surface area contributed by atoms with Gasteiger partial charge in [0.1, 0.15) is 22.4 Å². The van der Waals surface area contributed by atoms with Crippen molar-refractivity contribution < 1.29 is 4.39 Å². The first-order chi connectivity index (χ1) is 9.25. The van der Waals surface area contributed by atoms with E-state index in [1.54, 1.807) is 18.5 Å². The van der Waals surface area contributed by atoms with Crippen LogP contribution in [0.4, 0.5) is 4.39 Å². The van der Waals surface area contributed by atoms with Crippen LogP contribution in [0, 0.1) is 5.82 Å². The second-order valence-electron chi connectivity index (χ2n) is 4.10. The minimum absolute atomic E-state index is 0.248. The van der Waals surface area contributed by atoms with E-state index in [2.05, 4.69) is 20.9 Å². The molecule has 1 heterocycles. The molecule has 0 spiro atoms. The predicted octanol–water partition coefficient (Wildman–Crippen LogP) is 4.44. The molecule has 3 rings (SSSR count). The van der Waals surface area contributed by atoms with Gasteiger partial charge in [-0.1, -0.05) is 18.2 Å². The molecule has 0 saturated carbocycles. The van der Waals surface area contributed by atoms with E-state index in [0.717, 1.165) is 21.5 Å². The van der Waals surface area contributed by atoms with Crippen molar-refractivity contribution in [2.75, 3.05) is 0 Å². The highest BCUT2D eigenvalue weighted by Crippen LogP contribution is 2.29. The van der Waals surface area contributed by atoms with Crippen molar-refractivity contribution in [3.05, 3.63) is 71.3 Å². The van der Waals surface area contributed by atoms with Crippen molar-refractivity contribution >= 4 is 15.9 Å². The Bertz CT molecular complexity index is 690. The SMILES string of the molecule is Fc1ccc(-c2ncn(-c3ccccc3)c2Br)cc1. The molecule has 0 N–H and O–H groups in total. The van der Waals surface area contributed by atoms with Gasteiger partial charge in [-0.25, -0.2) is 9.37 Å². The summed E-state index contributed by atoms with van der Waals surface area (Å²) in [5, 5.41) is 0. The first-order valence-electron chi connectivity index (χ1n) is 5.80. The molecule has 0 radical (unpaired) electrons. The first-order valence-corrected chi connectivity index (χ1v) is 6.59. The summed E-state index contributed by atoms with van der Waals surface area (Å²) in [6.45, 7) is 0. The minimum atomic E-state index is -0.248. The van der Waals surface area contributed by atoms with Gasteiger partial charge in [0.15, 0.2) is 0 Å². The van der Waals surface area contributed by atoms with Crippen LogP contribution in [0.5, 0.6) is 0 Å². The van der Waals surface area contributed by atoms with E-state index >= 15 is 0 Å². The minimum Gasteiger partial charge on any atom is -0.293 e. The number of hydrogen-bond acceptors (Lipinski definition) is 1. The molecule has 0 unspecified atom stereocenters. The van der Waals surface area contributed by atoms with Gasteiger partial charge in [0.2, 0.25) is 0 Å². The largest absolute Gasteiger partial charge is 0.293 e. The summed E-state index contributed by atoms with van der Waals surface area (Å²) in [5.74, 6) is -0.248. The Hall–Kier alpha value is -1.94. The average Bonchev–Trinajstić information content (AvgIpc) is 2.83. The normalized spacial score (nSPS) is 10.6. The summed E-state index contributed by atoms with van der Waals surface area (Å²) < 4.78 is 15.7. The van der Waals surface area contributed by atoms with Crippen molar-refractivity contribution in [2.24, 2.45) is 0 Å². The molecule has 19 heavy (non-hydrogen) atoms. The number of halogens is 2. The lowest BCUT2D eigenvalue weighted by atomic mass is 10.2. The second kappa shape index (κ2) is 4.97. The number of benzene rings is 2. The zero-order valence-electron chi connectivity index (χ0n) is 9.92. The smallest absolute Gasteiger partial charge is 0.123 e. The third-order valence-corrected chi connectivity index (χ3v) is 3.62. The van der Waals surface area contributed by atoms with Gasteiger partial charge in [0.25, 0.3) is 0 Å². The molecular weight excluding hydrogens is 307 g/mol. The van der Waals surface area contributed by atoms with Crippen molar-refractivity contribution in [3.8, 4) is 16.9 Å². The average molecular weight is 317 g/mol. The van der Waals surface area contributed by atoms with Gasteiger partial charge < -0.3 is 0 Å². The Morgan fingerprint density at radius 2 is 1.63 bits per heavy atom. The lowest BCUT2D eigenvalue weighted by Crippen LogP contribution is -1.91. The maximum atomic E-state index is 12.9. The topological polar surface area (TPSA) is 17.8 Å². The monoisotopic (exact) mass is 316 g/mol. The van der Waals surface area contributed by atoms with E-state index in [1.807, 2.05) is 34.9 Å². The third-order valence-electron chi connectivity index (χ3n) is 2.86. The van der Waals surface area contributed by atoms with Gasteiger partial charge in [-0.05, 0) is 52.3 Å². The molecule has 0 saturated heterocycles. The summed E-state index contributed by atoms with van der Waals surface area (Å²) in [6, 6.07) is 16.2. The van der Waals surface area contributed by atoms with E-state index in [-0.39, 0.29) is 5.82 Å². The van der Waals surface area contributed by atoms with Crippen molar-refractivity contribution in [3.63, 3.8) is 0 Å². The molecular formula is C15H10BrFN2. The first kappa shape index (κ1) is 12.1. The number of imidazole rings is 1. The highest BCUT2D eigenvalue weighted by atomic mass is 79.9. The molecule has 0 fully saturated rings. The fourth-order valence-corrected chi connectivity index (χ4v) is 2.53. The van der Waals surface area contributed by atoms with Crippen molar-refractivity contribution in [1.29, 1.82) is 0 Å². The number of hydrogen-bond donors (Lipinski definition) is 0. The molecule has 1 aromatic heterocycles. The van der Waals surface area contributed by atoms with Crippen LogP contribution in [0.2, 0.25) is 0 Å². The lowest BCUT2D eigenvalue weighted by Gasteiger charge is -2.04. The van der Waals surface area contributed by atoms with Gasteiger partial charge in [-0.2, -0.15) is 0 Å². The van der Waals surface area contributed by atoms with Crippen LogP contribution < -0.4 is 0 Å². The number of para-hydroxylation sites is 1. The van der Waals surface area contributed by atoms with Gasteiger partial charge >= 0.3 is 0 Å². The standard InChI is InChI=1S/C15H10BrFN2/c16-15-14(11-6-8-12(17)9-7-11)18-10-19(15)13-4-2-1-3-5-13/h1-10H. The van der Waals surface area contributed by atoms with Crippen molar-refractivity contribution in [1.82, 2.24) is 9.55 Å². The Labute approximate surface area is 118 Å². The maximum absolute atomic E-state index is 12.9. The zero-order valence-corrected chi connectivity index (χ0v) is 11.5. The van der Waals surface area contributed by atoms with Crippen LogP contribution in [0.15, 0.2) is 65.5 Å². The zero-order chi connectivity index (χ0) is 13.2. The van der Waals surface area contributed by atoms with Crippen LogP contribution in [0.3, 0.4) is 0 Å². The van der Waals surface area contributed by atoms with E-state index in [4.69, 9.17) is 0 Å². The second-order valence-corrected chi connectivity index (χ2v) is 4.85. The molecule has 0 aliphatic rings. The molecule has 0 aliphatic heterocycles. The Kier molecular flexibility index (Phi) is 3.17. The summed E-state index contributed by atoms with van der Waals surface area (Å²) >= 11 is 3.55. The molecule has 2 aromatic carbocycles. The maximum Gasteiger partial charge on any atom is 0.123 e. The van der Waals surface area contributed by atoms with E-state index in [0.29, 0.717) is 0 Å². The Morgan fingerprint density at radius 1 is 0.947 bits per heavy atom. The van der Waals surface area contributed by atoms with Gasteiger partial charge in [0.05, 0.1) is 0 Å². The molecule has 0 amide bonds. The van der Waals surface area contributed by atoms with Crippen LogP contribution in [-0.4, -0.2) is 9.55 Å². The number of nitrogens with zero attached hydrogens (tertiary/aromatic N) is 2. The molecule has 94 valence electrons. The van der Waals surface area contributed by atoms with Gasteiger partial charge in [-0.3, -0.25) is 4.57 Å². The Balaban J connectivity index is 2.06. The van der Waals surface area contributed by atoms with Crippen molar-refractivity contribution in [2.45, 2.75) is 0 Å². The van der Waals surface area contributed by atoms with Gasteiger partial charge in [0, 0.05) is 11.3 Å². The highest BCUT2D eigenvalue weighted by molar-refractivity contribution is 9.10. The fourth-order valence-electron chi connectivity index (χ4n) is 1.90. The van der Waals surface area contributed by atoms with Crippen LogP contribution in [0.25, 0.3) is 16.9 Å². The van der Waals surface area contributed by atoms with Crippen LogP contribution in [-0.2, 0) is 0 Å². The molecule has 0 atom stereocenters. The molecule has 0 bridgehead atoms. The fraction of sp³-hybridized carbons (Fsp3) is 0. The predicted molar refractivity (Wildman–Crippen MR) is 76.7 cm³/mol. The third kappa shape index (κ3) is 2.31. The number of aromatic nitrogens is 2. The lowest BCUT2D eigenvalue weighted by molar-refractivity contribution is 0.628. The highest BCUT2D eigenvalue weighted by Gasteiger charge is 2.11. The Morgan fingerprint density at radius 3 is 2.32 bits per heavy atom. The van der Waals surface area contributed by atoms with E-state index in [1.165, 1.54) is 12.1 Å². The molecule has 2 nitrogen and oxygen atoms in total. The number of rotatable bonds is 2. The summed E-state index contributed by atoms with van der Waals surface area (Å²) in [5.41, 5.74) is 2.70.